The quantitative estimate of drug-likeness (QED) is 0.842. The first kappa shape index (κ1) is 18.5. The first-order valence-corrected chi connectivity index (χ1v) is 10.6. The molecule has 1 N–H and O–H groups in total. The molecule has 0 spiro atoms. The first-order valence-electron chi connectivity index (χ1n) is 10.6. The lowest BCUT2D eigenvalue weighted by molar-refractivity contribution is -0.153. The summed E-state index contributed by atoms with van der Waals surface area (Å²) in [6.07, 6.45) is 5.49. The van der Waals surface area contributed by atoms with Crippen molar-refractivity contribution >= 4 is 23.0 Å². The molecule has 0 aromatic carbocycles. The molecule has 0 saturated carbocycles. The maximum Gasteiger partial charge on any atom is 0.223 e. The molecule has 4 atom stereocenters. The highest BCUT2D eigenvalue weighted by atomic mass is 16.3. The number of piperidine rings is 3. The minimum atomic E-state index is -0.0419. The maximum absolute atomic E-state index is 12.8. The number of oxazole rings is 1. The van der Waals surface area contributed by atoms with Gasteiger partial charge in [0.15, 0.2) is 11.2 Å². The fraction of sp³-hybridized carbons (Fsp3) is 0.619. The molecule has 5 heterocycles. The van der Waals surface area contributed by atoms with Gasteiger partial charge in [0.25, 0.3) is 0 Å². The molecule has 2 bridgehead atoms. The monoisotopic (exact) mass is 397 g/mol. The van der Waals surface area contributed by atoms with Crippen LogP contribution in [0.15, 0.2) is 22.7 Å². The van der Waals surface area contributed by atoms with E-state index in [2.05, 4.69) is 25.1 Å². The van der Waals surface area contributed by atoms with Crippen LogP contribution < -0.4 is 5.32 Å². The molecule has 154 valence electrons. The summed E-state index contributed by atoms with van der Waals surface area (Å²) in [6.45, 7) is 4.55. The number of nitrogens with one attached hydrogen (secondary N) is 1. The average Bonchev–Trinajstić information content (AvgIpc) is 3.10. The van der Waals surface area contributed by atoms with E-state index in [0.717, 1.165) is 32.4 Å². The third-order valence-corrected chi connectivity index (χ3v) is 6.70. The second-order valence-corrected chi connectivity index (χ2v) is 8.65. The number of hydrogen-bond acceptors (Lipinski definition) is 6. The number of nitrogens with zero attached hydrogens (tertiary/aromatic N) is 4. The second kappa shape index (κ2) is 7.40. The van der Waals surface area contributed by atoms with Crippen molar-refractivity contribution in [3.8, 4) is 0 Å². The van der Waals surface area contributed by atoms with Gasteiger partial charge in [-0.25, -0.2) is 4.98 Å². The number of rotatable bonds is 4. The van der Waals surface area contributed by atoms with Crippen molar-refractivity contribution in [3.63, 3.8) is 0 Å². The number of aromatic nitrogens is 2. The Balaban J connectivity index is 1.37. The van der Waals surface area contributed by atoms with Crippen LogP contribution in [0.4, 0.5) is 0 Å². The predicted octanol–water partition coefficient (Wildman–Crippen LogP) is 1.56. The molecule has 8 nitrogen and oxygen atoms in total. The third-order valence-electron chi connectivity index (χ3n) is 6.70. The van der Waals surface area contributed by atoms with E-state index in [0.29, 0.717) is 48.5 Å². The van der Waals surface area contributed by atoms with Gasteiger partial charge in [0, 0.05) is 45.2 Å². The Morgan fingerprint density at radius 3 is 3.03 bits per heavy atom. The second-order valence-electron chi connectivity index (χ2n) is 8.65. The largest absolute Gasteiger partial charge is 0.438 e. The zero-order chi connectivity index (χ0) is 20.0. The highest BCUT2D eigenvalue weighted by Crippen LogP contribution is 2.41. The Labute approximate surface area is 169 Å². The highest BCUT2D eigenvalue weighted by Gasteiger charge is 2.49. The molecular weight excluding hydrogens is 370 g/mol. The number of hydrogen-bond donors (Lipinski definition) is 1. The van der Waals surface area contributed by atoms with E-state index in [1.54, 1.807) is 6.20 Å². The molecular formula is C21H27N5O3. The van der Waals surface area contributed by atoms with Crippen molar-refractivity contribution in [1.82, 2.24) is 25.1 Å². The van der Waals surface area contributed by atoms with E-state index in [1.165, 1.54) is 6.92 Å². The van der Waals surface area contributed by atoms with Gasteiger partial charge in [0.1, 0.15) is 0 Å². The molecule has 3 fully saturated rings. The van der Waals surface area contributed by atoms with Crippen LogP contribution in [0.3, 0.4) is 0 Å². The van der Waals surface area contributed by atoms with Crippen LogP contribution in [0, 0.1) is 11.8 Å². The number of amides is 2. The number of carbonyl (C=O) groups is 2. The summed E-state index contributed by atoms with van der Waals surface area (Å²) in [5.74, 6) is 1.72. The van der Waals surface area contributed by atoms with E-state index in [4.69, 9.17) is 4.42 Å². The van der Waals surface area contributed by atoms with Gasteiger partial charge in [-0.2, -0.15) is 4.98 Å². The maximum atomic E-state index is 12.8. The molecule has 2 aromatic heterocycles. The fourth-order valence-corrected chi connectivity index (χ4v) is 5.58. The summed E-state index contributed by atoms with van der Waals surface area (Å²) < 4.78 is 5.89. The summed E-state index contributed by atoms with van der Waals surface area (Å²) in [7, 11) is 0. The molecule has 2 amide bonds. The van der Waals surface area contributed by atoms with Gasteiger partial charge < -0.3 is 14.6 Å². The van der Waals surface area contributed by atoms with E-state index in [1.807, 2.05) is 12.1 Å². The third kappa shape index (κ3) is 3.50. The van der Waals surface area contributed by atoms with Crippen LogP contribution >= 0.6 is 0 Å². The number of fused-ring (bicyclic) bond motifs is 5. The summed E-state index contributed by atoms with van der Waals surface area (Å²) in [4.78, 5) is 37.6. The van der Waals surface area contributed by atoms with Crippen LogP contribution in [0.2, 0.25) is 0 Å². The van der Waals surface area contributed by atoms with Crippen LogP contribution in [-0.2, 0) is 16.1 Å². The molecule has 8 heteroatoms. The summed E-state index contributed by atoms with van der Waals surface area (Å²) >= 11 is 0. The number of carbonyl (C=O) groups excluding carboxylic acids is 2. The molecule has 0 radical (unpaired) electrons. The lowest BCUT2D eigenvalue weighted by Gasteiger charge is -2.56. The van der Waals surface area contributed by atoms with Gasteiger partial charge in [-0.05, 0) is 43.2 Å². The Bertz CT molecular complexity index is 895. The zero-order valence-corrected chi connectivity index (χ0v) is 16.7. The molecule has 3 saturated heterocycles. The lowest BCUT2D eigenvalue weighted by atomic mass is 9.72. The fourth-order valence-electron chi connectivity index (χ4n) is 5.58. The normalized spacial score (nSPS) is 29.7. The standard InChI is InChI=1S/C21H27N5O3/c1-13(27)23-9-17-15-8-14(16-4-2-6-20(28)26(16)17)10-25(11-15)12-19-24-21-18(29-19)5-3-7-22-21/h3,5,7,14-17H,2,4,6,8-12H2,1H3,(H,23,27)/t14-,15+,16+,17+/m1/s1. The Kier molecular flexibility index (Phi) is 4.73. The Morgan fingerprint density at radius 2 is 2.21 bits per heavy atom. The van der Waals surface area contributed by atoms with Gasteiger partial charge >= 0.3 is 0 Å². The van der Waals surface area contributed by atoms with Crippen LogP contribution in [0.1, 0.15) is 38.5 Å². The SMILES string of the molecule is CC(=O)NC[C@H]1[C@H]2C[C@H](CN(Cc3nc4ncccc4o3)C2)[C@@H]2CCCC(=O)N21. The van der Waals surface area contributed by atoms with Crippen molar-refractivity contribution in [3.05, 3.63) is 24.2 Å². The Hall–Kier alpha value is -2.48. The minimum Gasteiger partial charge on any atom is -0.438 e. The lowest BCUT2D eigenvalue weighted by Crippen LogP contribution is -2.66. The van der Waals surface area contributed by atoms with Gasteiger partial charge in [-0.3, -0.25) is 14.5 Å². The van der Waals surface area contributed by atoms with E-state index < -0.39 is 0 Å². The van der Waals surface area contributed by atoms with Crippen molar-refractivity contribution in [2.45, 2.75) is 51.2 Å². The van der Waals surface area contributed by atoms with Crippen molar-refractivity contribution in [1.29, 1.82) is 0 Å². The smallest absolute Gasteiger partial charge is 0.223 e. The molecule has 2 aromatic rings. The topological polar surface area (TPSA) is 91.6 Å². The molecule has 0 unspecified atom stereocenters. The van der Waals surface area contributed by atoms with Crippen molar-refractivity contribution in [2.75, 3.05) is 19.6 Å². The van der Waals surface area contributed by atoms with Crippen molar-refractivity contribution in [2.24, 2.45) is 11.8 Å². The first-order chi connectivity index (χ1) is 14.1. The van der Waals surface area contributed by atoms with Crippen LogP contribution in [0.25, 0.3) is 11.2 Å². The molecule has 29 heavy (non-hydrogen) atoms. The van der Waals surface area contributed by atoms with E-state index >= 15 is 0 Å². The van der Waals surface area contributed by atoms with Gasteiger partial charge in [0.2, 0.25) is 17.7 Å². The van der Waals surface area contributed by atoms with E-state index in [9.17, 15) is 9.59 Å². The molecule has 3 aliphatic heterocycles. The van der Waals surface area contributed by atoms with Crippen LogP contribution in [-0.4, -0.2) is 63.3 Å². The van der Waals surface area contributed by atoms with Gasteiger partial charge in [0.05, 0.1) is 12.6 Å². The zero-order valence-electron chi connectivity index (χ0n) is 16.7. The van der Waals surface area contributed by atoms with Gasteiger partial charge in [-0.15, -0.1) is 0 Å². The summed E-state index contributed by atoms with van der Waals surface area (Å²) in [5.41, 5.74) is 1.36. The number of likely N-dealkylation sites (tertiary alicyclic amines) is 1. The molecule has 5 rings (SSSR count). The molecule has 3 aliphatic rings. The van der Waals surface area contributed by atoms with E-state index in [-0.39, 0.29) is 23.9 Å². The molecule has 0 aliphatic carbocycles. The predicted molar refractivity (Wildman–Crippen MR) is 106 cm³/mol. The van der Waals surface area contributed by atoms with Gasteiger partial charge in [-0.1, -0.05) is 0 Å². The van der Waals surface area contributed by atoms with Crippen LogP contribution in [0.5, 0.6) is 0 Å². The highest BCUT2D eigenvalue weighted by molar-refractivity contribution is 5.78. The average molecular weight is 397 g/mol. The summed E-state index contributed by atoms with van der Waals surface area (Å²) in [6, 6.07) is 4.09. The van der Waals surface area contributed by atoms with Crippen molar-refractivity contribution < 1.29 is 14.0 Å². The summed E-state index contributed by atoms with van der Waals surface area (Å²) in [5, 5.41) is 2.96. The minimum absolute atomic E-state index is 0.0419. The number of pyridine rings is 1. The Morgan fingerprint density at radius 1 is 1.34 bits per heavy atom.